The lowest BCUT2D eigenvalue weighted by Crippen LogP contribution is -2.00. The summed E-state index contributed by atoms with van der Waals surface area (Å²) in [7, 11) is 0. The zero-order valence-corrected chi connectivity index (χ0v) is 29.2. The van der Waals surface area contributed by atoms with Crippen molar-refractivity contribution in [3.8, 4) is 23.0 Å². The molecule has 0 saturated carbocycles. The monoisotopic (exact) mass is 840 g/mol. The number of carbonyl (C=O) groups excluding carboxylic acids is 2. The third-order valence-corrected chi connectivity index (χ3v) is 7.38. The molecule has 0 spiro atoms. The van der Waals surface area contributed by atoms with Crippen LogP contribution in [0.4, 0.5) is 0 Å². The number of benzene rings is 3. The Morgan fingerprint density at radius 2 is 0.848 bits per heavy atom. The number of rotatable bonds is 6. The minimum Gasteiger partial charge on any atom is -0.507 e. The van der Waals surface area contributed by atoms with E-state index < -0.39 is 0 Å². The van der Waals surface area contributed by atoms with Gasteiger partial charge in [0.15, 0.2) is 0 Å². The van der Waals surface area contributed by atoms with Crippen LogP contribution in [-0.4, -0.2) is 32.1 Å². The maximum absolute atomic E-state index is 10.8. The Labute approximate surface area is 294 Å². The number of aromatic nitrogens is 2. The molecule has 0 amide bonds. The van der Waals surface area contributed by atoms with Crippen LogP contribution in [0.15, 0.2) is 110 Å². The number of nitrogens with zero attached hydrogens (tertiary/aromatic N) is 2. The first-order chi connectivity index (χ1) is 22.1. The molecule has 5 aromatic rings. The molecule has 46 heavy (non-hydrogen) atoms. The van der Waals surface area contributed by atoms with Gasteiger partial charge in [0.1, 0.15) is 23.0 Å². The standard InChI is InChI=1S/2C15H13NO2.C6H4I2O2/c2*1-12(17)18-15-6-4-13(5-7-15)2-3-14-8-10-16-11-9-14;7-3-1-4(8)6(10)2-5(3)9/h2*2-11H,1H3;1-2,9-10H/b2*3-2+;. The van der Waals surface area contributed by atoms with Crippen LogP contribution in [0.2, 0.25) is 0 Å². The van der Waals surface area contributed by atoms with E-state index in [2.05, 4.69) is 9.97 Å². The van der Waals surface area contributed by atoms with Crippen molar-refractivity contribution in [1.29, 1.82) is 0 Å². The highest BCUT2D eigenvalue weighted by molar-refractivity contribution is 14.1. The number of aromatic hydroxyl groups is 2. The quantitative estimate of drug-likeness (QED) is 0.0992. The van der Waals surface area contributed by atoms with Gasteiger partial charge in [0.05, 0.1) is 7.14 Å². The Hall–Kier alpha value is -4.56. The van der Waals surface area contributed by atoms with Gasteiger partial charge in [0.2, 0.25) is 0 Å². The maximum Gasteiger partial charge on any atom is 0.308 e. The molecule has 2 heterocycles. The molecule has 2 aromatic heterocycles. The number of halogens is 2. The fourth-order valence-corrected chi connectivity index (χ4v) is 5.02. The number of carbonyl (C=O) groups is 2. The highest BCUT2D eigenvalue weighted by Gasteiger charge is 2.02. The Kier molecular flexibility index (Phi) is 14.9. The Morgan fingerprint density at radius 1 is 0.543 bits per heavy atom. The van der Waals surface area contributed by atoms with Crippen molar-refractivity contribution in [2.45, 2.75) is 13.8 Å². The van der Waals surface area contributed by atoms with Crippen LogP contribution in [0.1, 0.15) is 36.1 Å². The molecule has 0 aliphatic heterocycles. The van der Waals surface area contributed by atoms with Crippen molar-refractivity contribution in [2.24, 2.45) is 0 Å². The van der Waals surface area contributed by atoms with Crippen LogP contribution < -0.4 is 9.47 Å². The van der Waals surface area contributed by atoms with Gasteiger partial charge in [-0.2, -0.15) is 0 Å². The van der Waals surface area contributed by atoms with Crippen molar-refractivity contribution in [1.82, 2.24) is 9.97 Å². The van der Waals surface area contributed by atoms with Crippen LogP contribution in [-0.2, 0) is 9.59 Å². The Morgan fingerprint density at radius 3 is 1.13 bits per heavy atom. The van der Waals surface area contributed by atoms with E-state index in [4.69, 9.17) is 19.7 Å². The van der Waals surface area contributed by atoms with Crippen LogP contribution in [0.5, 0.6) is 23.0 Å². The summed E-state index contributed by atoms with van der Waals surface area (Å²) in [4.78, 5) is 29.4. The van der Waals surface area contributed by atoms with Crippen LogP contribution >= 0.6 is 45.2 Å². The summed E-state index contributed by atoms with van der Waals surface area (Å²) in [6, 6.07) is 25.5. The van der Waals surface area contributed by atoms with Crippen molar-refractivity contribution >= 4 is 81.4 Å². The van der Waals surface area contributed by atoms with Crippen LogP contribution in [0.25, 0.3) is 24.3 Å². The molecule has 2 N–H and O–H groups in total. The molecule has 0 aliphatic carbocycles. The lowest BCUT2D eigenvalue weighted by atomic mass is 10.1. The van der Waals surface area contributed by atoms with Gasteiger partial charge in [-0.3, -0.25) is 19.6 Å². The first-order valence-corrected chi connectivity index (χ1v) is 15.8. The van der Waals surface area contributed by atoms with Crippen molar-refractivity contribution in [3.63, 3.8) is 0 Å². The summed E-state index contributed by atoms with van der Waals surface area (Å²) in [5, 5.41) is 18.1. The van der Waals surface area contributed by atoms with Crippen LogP contribution in [0.3, 0.4) is 0 Å². The highest BCUT2D eigenvalue weighted by atomic mass is 127. The van der Waals surface area contributed by atoms with Gasteiger partial charge >= 0.3 is 11.9 Å². The lowest BCUT2D eigenvalue weighted by Gasteiger charge is -2.00. The zero-order chi connectivity index (χ0) is 33.3. The first kappa shape index (κ1) is 35.9. The predicted molar refractivity (Wildman–Crippen MR) is 197 cm³/mol. The average molecular weight is 840 g/mol. The molecule has 234 valence electrons. The SMILES string of the molecule is CC(=O)Oc1ccc(/C=C/c2ccncc2)cc1.CC(=O)Oc1ccc(/C=C/c2ccncc2)cc1.Oc1cc(O)c(I)cc1I. The number of esters is 2. The van der Waals surface area contributed by atoms with E-state index in [1.165, 1.54) is 19.9 Å². The second kappa shape index (κ2) is 19.1. The fraction of sp³-hybridized carbons (Fsp3) is 0.0556. The van der Waals surface area contributed by atoms with Crippen molar-refractivity contribution in [2.75, 3.05) is 0 Å². The van der Waals surface area contributed by atoms with Gasteiger partial charge in [0.25, 0.3) is 0 Å². The third-order valence-electron chi connectivity index (χ3n) is 5.65. The first-order valence-electron chi connectivity index (χ1n) is 13.7. The molecular formula is C36H30I2N2O6. The second-order valence-corrected chi connectivity index (χ2v) is 11.6. The summed E-state index contributed by atoms with van der Waals surface area (Å²) in [5.74, 6) is 0.745. The normalized spacial score (nSPS) is 10.3. The molecular weight excluding hydrogens is 810 g/mol. The average Bonchev–Trinajstić information content (AvgIpc) is 3.04. The van der Waals surface area contributed by atoms with E-state index in [0.717, 1.165) is 29.4 Å². The summed E-state index contributed by atoms with van der Waals surface area (Å²) >= 11 is 4.00. The van der Waals surface area contributed by atoms with Gasteiger partial charge in [-0.15, -0.1) is 0 Å². The van der Waals surface area contributed by atoms with Crippen molar-refractivity contribution < 1.29 is 29.3 Å². The fourth-order valence-electron chi connectivity index (χ4n) is 3.49. The van der Waals surface area contributed by atoms with Gasteiger partial charge in [-0.1, -0.05) is 48.6 Å². The number of phenolic OH excluding ortho intramolecular Hbond substituents is 2. The van der Waals surface area contributed by atoms with Gasteiger partial charge in [-0.05, 0) is 122 Å². The highest BCUT2D eigenvalue weighted by Crippen LogP contribution is 2.29. The molecule has 0 radical (unpaired) electrons. The van der Waals surface area contributed by atoms with E-state index in [9.17, 15) is 9.59 Å². The van der Waals surface area contributed by atoms with Crippen LogP contribution in [0, 0.1) is 7.14 Å². The minimum absolute atomic E-state index is 0.124. The molecule has 8 nitrogen and oxygen atoms in total. The minimum atomic E-state index is -0.310. The molecule has 5 rings (SSSR count). The smallest absolute Gasteiger partial charge is 0.308 e. The second-order valence-electron chi connectivity index (χ2n) is 9.31. The predicted octanol–water partition coefficient (Wildman–Crippen LogP) is 8.66. The van der Waals surface area contributed by atoms with E-state index in [0.29, 0.717) is 11.5 Å². The number of ether oxygens (including phenoxy) is 2. The van der Waals surface area contributed by atoms with E-state index in [-0.39, 0.29) is 23.4 Å². The summed E-state index contributed by atoms with van der Waals surface area (Å²) in [5.41, 5.74) is 4.27. The molecule has 10 heteroatoms. The molecule has 0 fully saturated rings. The number of hydrogen-bond donors (Lipinski definition) is 2. The molecule has 0 saturated heterocycles. The molecule has 0 aliphatic rings. The summed E-state index contributed by atoms with van der Waals surface area (Å²) in [6.07, 6.45) is 15.0. The van der Waals surface area contributed by atoms with Crippen molar-refractivity contribution in [3.05, 3.63) is 139 Å². The number of phenols is 2. The summed E-state index contributed by atoms with van der Waals surface area (Å²) < 4.78 is 11.4. The molecule has 0 bridgehead atoms. The molecule has 0 atom stereocenters. The number of pyridine rings is 2. The lowest BCUT2D eigenvalue weighted by molar-refractivity contribution is -0.132. The van der Waals surface area contributed by atoms with Gasteiger partial charge in [-0.25, -0.2) is 0 Å². The van der Waals surface area contributed by atoms with Gasteiger partial charge in [0, 0.05) is 44.7 Å². The topological polar surface area (TPSA) is 119 Å². The van der Waals surface area contributed by atoms with Gasteiger partial charge < -0.3 is 19.7 Å². The zero-order valence-electron chi connectivity index (χ0n) is 24.9. The third kappa shape index (κ3) is 13.6. The van der Waals surface area contributed by atoms with E-state index in [1.54, 1.807) is 55.1 Å². The Bertz CT molecular complexity index is 1610. The maximum atomic E-state index is 10.8. The summed E-state index contributed by atoms with van der Waals surface area (Å²) in [6.45, 7) is 2.77. The van der Waals surface area contributed by atoms with E-state index in [1.807, 2.05) is 118 Å². The Balaban J connectivity index is 0.000000196. The van der Waals surface area contributed by atoms with E-state index >= 15 is 0 Å². The molecule has 0 unspecified atom stereocenters. The number of hydrogen-bond acceptors (Lipinski definition) is 8. The largest absolute Gasteiger partial charge is 0.507 e. The molecule has 3 aromatic carbocycles.